The summed E-state index contributed by atoms with van der Waals surface area (Å²) in [6, 6.07) is 21.7. The summed E-state index contributed by atoms with van der Waals surface area (Å²) >= 11 is 0. The predicted octanol–water partition coefficient (Wildman–Crippen LogP) is 5.62. The number of aryl methyl sites for hydroxylation is 3. The van der Waals surface area contributed by atoms with Crippen LogP contribution in [0.25, 0.3) is 0 Å². The molecule has 0 radical (unpaired) electrons. The number of rotatable bonds is 6. The van der Waals surface area contributed by atoms with Crippen LogP contribution in [-0.2, 0) is 13.0 Å². The lowest BCUT2D eigenvalue weighted by Gasteiger charge is -2.12. The molecule has 0 aromatic heterocycles. The Morgan fingerprint density at radius 1 is 0.846 bits per heavy atom. The van der Waals surface area contributed by atoms with Gasteiger partial charge in [-0.2, -0.15) is 0 Å². The van der Waals surface area contributed by atoms with Gasteiger partial charge in [0.05, 0.1) is 0 Å². The third kappa shape index (κ3) is 4.40. The molecule has 0 unspecified atom stereocenters. The predicted molar refractivity (Wildman–Crippen MR) is 106 cm³/mol. The number of benzene rings is 3. The third-order valence-corrected chi connectivity index (χ3v) is 4.58. The maximum atomic E-state index is 12.8. The van der Waals surface area contributed by atoms with Crippen LogP contribution in [0.15, 0.2) is 66.7 Å². The summed E-state index contributed by atoms with van der Waals surface area (Å²) in [6.07, 6.45) is 0.417. The number of Topliss-reactive ketones (excluding diaryl/α,β-unsaturated/α-hetero) is 1. The molecule has 3 rings (SSSR count). The summed E-state index contributed by atoms with van der Waals surface area (Å²) in [5.41, 5.74) is 6.49. The molecular weight excluding hydrogens is 320 g/mol. The summed E-state index contributed by atoms with van der Waals surface area (Å²) in [5, 5.41) is 0. The molecule has 0 atom stereocenters. The Hall–Kier alpha value is -2.87. The monoisotopic (exact) mass is 344 g/mol. The first-order valence-corrected chi connectivity index (χ1v) is 8.89. The molecule has 132 valence electrons. The molecule has 3 aromatic carbocycles. The average molecular weight is 344 g/mol. The fraction of sp³-hybridized carbons (Fsp3) is 0.208. The zero-order chi connectivity index (χ0) is 18.5. The Kier molecular flexibility index (Phi) is 5.52. The standard InChI is InChI=1S/C24H24O2/c1-17-12-18(2)23(19(3)13-17)15-24(25)21-10-7-11-22(14-21)26-16-20-8-5-4-6-9-20/h4-14H,15-16H2,1-3H3. The van der Waals surface area contributed by atoms with Crippen LogP contribution in [0.4, 0.5) is 0 Å². The van der Waals surface area contributed by atoms with Gasteiger partial charge in [-0.05, 0) is 55.2 Å². The number of carbonyl (C=O) groups is 1. The van der Waals surface area contributed by atoms with E-state index in [1.54, 1.807) is 0 Å². The fourth-order valence-electron chi connectivity index (χ4n) is 3.25. The molecule has 0 spiro atoms. The maximum Gasteiger partial charge on any atom is 0.167 e. The lowest BCUT2D eigenvalue weighted by molar-refractivity contribution is 0.0992. The highest BCUT2D eigenvalue weighted by atomic mass is 16.5. The van der Waals surface area contributed by atoms with Crippen molar-refractivity contribution in [2.75, 3.05) is 0 Å². The minimum absolute atomic E-state index is 0.116. The first-order valence-electron chi connectivity index (χ1n) is 8.89. The van der Waals surface area contributed by atoms with E-state index in [9.17, 15) is 4.79 Å². The largest absolute Gasteiger partial charge is 0.489 e. The summed E-state index contributed by atoms with van der Waals surface area (Å²) in [6.45, 7) is 6.72. The minimum Gasteiger partial charge on any atom is -0.489 e. The van der Waals surface area contributed by atoms with Crippen LogP contribution >= 0.6 is 0 Å². The number of ether oxygens (including phenoxy) is 1. The summed E-state index contributed by atoms with van der Waals surface area (Å²) in [5.74, 6) is 0.835. The lowest BCUT2D eigenvalue weighted by Crippen LogP contribution is -2.07. The molecule has 0 aliphatic rings. The highest BCUT2D eigenvalue weighted by Gasteiger charge is 2.12. The zero-order valence-corrected chi connectivity index (χ0v) is 15.6. The smallest absolute Gasteiger partial charge is 0.167 e. The van der Waals surface area contributed by atoms with Gasteiger partial charge in [-0.15, -0.1) is 0 Å². The molecule has 0 aliphatic carbocycles. The van der Waals surface area contributed by atoms with Gasteiger partial charge in [0.1, 0.15) is 12.4 Å². The second-order valence-corrected chi connectivity index (χ2v) is 6.78. The lowest BCUT2D eigenvalue weighted by atomic mass is 9.94. The normalized spacial score (nSPS) is 10.6. The van der Waals surface area contributed by atoms with Crippen molar-refractivity contribution >= 4 is 5.78 Å². The van der Waals surface area contributed by atoms with Crippen LogP contribution in [0.5, 0.6) is 5.75 Å². The maximum absolute atomic E-state index is 12.8. The van der Waals surface area contributed by atoms with Gasteiger partial charge >= 0.3 is 0 Å². The van der Waals surface area contributed by atoms with Crippen molar-refractivity contribution in [1.82, 2.24) is 0 Å². The van der Waals surface area contributed by atoms with Crippen molar-refractivity contribution in [2.24, 2.45) is 0 Å². The molecule has 0 N–H and O–H groups in total. The van der Waals surface area contributed by atoms with Crippen molar-refractivity contribution in [3.63, 3.8) is 0 Å². The van der Waals surface area contributed by atoms with Crippen molar-refractivity contribution < 1.29 is 9.53 Å². The Morgan fingerprint density at radius 2 is 1.54 bits per heavy atom. The molecular formula is C24H24O2. The number of ketones is 1. The van der Waals surface area contributed by atoms with E-state index in [1.807, 2.05) is 54.6 Å². The van der Waals surface area contributed by atoms with Gasteiger partial charge in [0, 0.05) is 12.0 Å². The van der Waals surface area contributed by atoms with E-state index >= 15 is 0 Å². The van der Waals surface area contributed by atoms with Crippen LogP contribution < -0.4 is 4.74 Å². The molecule has 0 saturated heterocycles. The molecule has 26 heavy (non-hydrogen) atoms. The second kappa shape index (κ2) is 8.01. The molecule has 0 saturated carbocycles. The van der Waals surface area contributed by atoms with Gasteiger partial charge in [-0.3, -0.25) is 4.79 Å². The zero-order valence-electron chi connectivity index (χ0n) is 15.6. The summed E-state index contributed by atoms with van der Waals surface area (Å²) < 4.78 is 5.84. The molecule has 2 heteroatoms. The van der Waals surface area contributed by atoms with E-state index in [2.05, 4.69) is 32.9 Å². The van der Waals surface area contributed by atoms with E-state index in [-0.39, 0.29) is 5.78 Å². The van der Waals surface area contributed by atoms with Gasteiger partial charge in [-0.25, -0.2) is 0 Å². The van der Waals surface area contributed by atoms with E-state index in [0.717, 1.165) is 16.9 Å². The van der Waals surface area contributed by atoms with Gasteiger partial charge in [0.2, 0.25) is 0 Å². The van der Waals surface area contributed by atoms with Crippen LogP contribution in [0.1, 0.15) is 38.2 Å². The summed E-state index contributed by atoms with van der Waals surface area (Å²) in [7, 11) is 0. The topological polar surface area (TPSA) is 26.3 Å². The molecule has 0 bridgehead atoms. The van der Waals surface area contributed by atoms with E-state index in [1.165, 1.54) is 16.7 Å². The van der Waals surface area contributed by atoms with Crippen LogP contribution in [0, 0.1) is 20.8 Å². The Morgan fingerprint density at radius 3 is 2.23 bits per heavy atom. The first kappa shape index (κ1) is 17.9. The number of hydrogen-bond acceptors (Lipinski definition) is 2. The molecule has 3 aromatic rings. The highest BCUT2D eigenvalue weighted by Crippen LogP contribution is 2.21. The van der Waals surface area contributed by atoms with E-state index < -0.39 is 0 Å². The molecule has 0 fully saturated rings. The van der Waals surface area contributed by atoms with E-state index in [4.69, 9.17) is 4.74 Å². The fourth-order valence-corrected chi connectivity index (χ4v) is 3.25. The summed E-state index contributed by atoms with van der Waals surface area (Å²) in [4.78, 5) is 12.8. The van der Waals surface area contributed by atoms with Gasteiger partial charge < -0.3 is 4.74 Å². The van der Waals surface area contributed by atoms with Gasteiger partial charge in [-0.1, -0.05) is 60.2 Å². The molecule has 2 nitrogen and oxygen atoms in total. The van der Waals surface area contributed by atoms with Crippen molar-refractivity contribution in [2.45, 2.75) is 33.8 Å². The minimum atomic E-state index is 0.116. The third-order valence-electron chi connectivity index (χ3n) is 4.58. The van der Waals surface area contributed by atoms with E-state index in [0.29, 0.717) is 18.6 Å². The molecule has 0 heterocycles. The van der Waals surface area contributed by atoms with Crippen LogP contribution in [0.2, 0.25) is 0 Å². The second-order valence-electron chi connectivity index (χ2n) is 6.78. The Balaban J connectivity index is 1.72. The van der Waals surface area contributed by atoms with Gasteiger partial charge in [0.15, 0.2) is 5.78 Å². The molecule has 0 aliphatic heterocycles. The Labute approximate surface area is 155 Å². The van der Waals surface area contributed by atoms with Crippen molar-refractivity contribution in [1.29, 1.82) is 0 Å². The average Bonchev–Trinajstić information content (AvgIpc) is 2.64. The quantitative estimate of drug-likeness (QED) is 0.543. The highest BCUT2D eigenvalue weighted by molar-refractivity contribution is 5.98. The Bertz CT molecular complexity index is 887. The number of carbonyl (C=O) groups excluding carboxylic acids is 1. The first-order chi connectivity index (χ1) is 12.5. The van der Waals surface area contributed by atoms with Crippen molar-refractivity contribution in [3.8, 4) is 5.75 Å². The SMILES string of the molecule is Cc1cc(C)c(CC(=O)c2cccc(OCc3ccccc3)c2)c(C)c1. The number of hydrogen-bond donors (Lipinski definition) is 0. The van der Waals surface area contributed by atoms with Crippen LogP contribution in [0.3, 0.4) is 0 Å². The van der Waals surface area contributed by atoms with Crippen LogP contribution in [-0.4, -0.2) is 5.78 Å². The van der Waals surface area contributed by atoms with Crippen molar-refractivity contribution in [3.05, 3.63) is 100 Å². The molecule has 0 amide bonds. The van der Waals surface area contributed by atoms with Gasteiger partial charge in [0.25, 0.3) is 0 Å².